The quantitative estimate of drug-likeness (QED) is 0.822. The Hall–Kier alpha value is -2.53. The Balaban J connectivity index is 2.03. The molecule has 0 saturated heterocycles. The number of hydrogen-bond donors (Lipinski definition) is 2. The number of benzene rings is 2. The van der Waals surface area contributed by atoms with Crippen molar-refractivity contribution in [3.63, 3.8) is 0 Å². The molecule has 0 spiro atoms. The van der Waals surface area contributed by atoms with Gasteiger partial charge in [-0.2, -0.15) is 0 Å². The predicted octanol–water partition coefficient (Wildman–Crippen LogP) is 3.49. The van der Waals surface area contributed by atoms with Crippen LogP contribution >= 0.6 is 11.6 Å². The van der Waals surface area contributed by atoms with Crippen LogP contribution in [0.4, 0.5) is 11.4 Å². The highest BCUT2D eigenvalue weighted by Gasteiger charge is 2.13. The molecule has 0 saturated carbocycles. The van der Waals surface area contributed by atoms with E-state index in [0.717, 1.165) is 11.3 Å². The smallest absolute Gasteiger partial charge is 0.339 e. The van der Waals surface area contributed by atoms with Gasteiger partial charge in [0.15, 0.2) is 0 Å². The Morgan fingerprint density at radius 3 is 2.52 bits per heavy atom. The summed E-state index contributed by atoms with van der Waals surface area (Å²) in [5, 5.41) is 6.35. The van der Waals surface area contributed by atoms with Crippen molar-refractivity contribution in [1.29, 1.82) is 0 Å². The lowest BCUT2D eigenvalue weighted by atomic mass is 10.1. The van der Waals surface area contributed by atoms with Gasteiger partial charge in [-0.3, -0.25) is 4.79 Å². The summed E-state index contributed by atoms with van der Waals surface area (Å²) in [6.07, 6.45) is 0. The molecule has 6 heteroatoms. The first kappa shape index (κ1) is 16.8. The van der Waals surface area contributed by atoms with Gasteiger partial charge in [-0.25, -0.2) is 4.79 Å². The van der Waals surface area contributed by atoms with Crippen molar-refractivity contribution >= 4 is 34.9 Å². The summed E-state index contributed by atoms with van der Waals surface area (Å²) in [5.74, 6) is -0.778. The summed E-state index contributed by atoms with van der Waals surface area (Å²) < 4.78 is 4.70. The van der Waals surface area contributed by atoms with Gasteiger partial charge in [0.25, 0.3) is 0 Å². The molecule has 5 nitrogen and oxygen atoms in total. The summed E-state index contributed by atoms with van der Waals surface area (Å²) in [6, 6.07) is 12.1. The van der Waals surface area contributed by atoms with E-state index in [1.54, 1.807) is 30.3 Å². The molecule has 1 amide bonds. The number of carbonyl (C=O) groups excluding carboxylic acids is 2. The van der Waals surface area contributed by atoms with Gasteiger partial charge in [-0.15, -0.1) is 0 Å². The molecule has 120 valence electrons. The summed E-state index contributed by atoms with van der Waals surface area (Å²) >= 11 is 6.04. The van der Waals surface area contributed by atoms with Crippen molar-refractivity contribution in [2.75, 3.05) is 24.3 Å². The monoisotopic (exact) mass is 332 g/mol. The number of nitrogens with one attached hydrogen (secondary N) is 2. The largest absolute Gasteiger partial charge is 0.465 e. The van der Waals surface area contributed by atoms with Crippen molar-refractivity contribution in [3.8, 4) is 0 Å². The van der Waals surface area contributed by atoms with Gasteiger partial charge in [0.1, 0.15) is 0 Å². The van der Waals surface area contributed by atoms with Gasteiger partial charge in [-0.1, -0.05) is 29.8 Å². The van der Waals surface area contributed by atoms with E-state index in [-0.39, 0.29) is 12.5 Å². The number of halogens is 1. The van der Waals surface area contributed by atoms with Crippen molar-refractivity contribution in [1.82, 2.24) is 0 Å². The zero-order chi connectivity index (χ0) is 16.8. The standard InChI is InChI=1S/C17H17ClN2O3/c1-11-13(18)7-5-9-14(11)19-10-16(21)20-15-8-4-3-6-12(15)17(22)23-2/h3-9,19H,10H2,1-2H3,(H,20,21). The Kier molecular flexibility index (Phi) is 5.60. The Morgan fingerprint density at radius 2 is 1.78 bits per heavy atom. The molecule has 0 unspecified atom stereocenters. The molecule has 2 aromatic carbocycles. The Morgan fingerprint density at radius 1 is 1.09 bits per heavy atom. The maximum atomic E-state index is 12.1. The summed E-state index contributed by atoms with van der Waals surface area (Å²) in [5.41, 5.74) is 2.38. The average molecular weight is 333 g/mol. The molecule has 0 bridgehead atoms. The molecule has 2 rings (SSSR count). The highest BCUT2D eigenvalue weighted by Crippen LogP contribution is 2.22. The molecule has 0 radical (unpaired) electrons. The molecule has 0 fully saturated rings. The first-order valence-corrected chi connectivity index (χ1v) is 7.37. The molecular formula is C17H17ClN2O3. The van der Waals surface area contributed by atoms with Gasteiger partial charge in [0.05, 0.1) is 24.9 Å². The van der Waals surface area contributed by atoms with Crippen molar-refractivity contribution in [3.05, 3.63) is 58.6 Å². The second kappa shape index (κ2) is 7.65. The first-order valence-electron chi connectivity index (χ1n) is 6.99. The van der Waals surface area contributed by atoms with Crippen molar-refractivity contribution in [2.45, 2.75) is 6.92 Å². The maximum Gasteiger partial charge on any atom is 0.339 e. The lowest BCUT2D eigenvalue weighted by Gasteiger charge is -2.12. The Bertz CT molecular complexity index is 732. The topological polar surface area (TPSA) is 67.4 Å². The van der Waals surface area contributed by atoms with Crippen LogP contribution < -0.4 is 10.6 Å². The van der Waals surface area contributed by atoms with Crippen LogP contribution in [-0.4, -0.2) is 25.5 Å². The highest BCUT2D eigenvalue weighted by atomic mass is 35.5. The number of hydrogen-bond acceptors (Lipinski definition) is 4. The Labute approximate surface area is 139 Å². The zero-order valence-corrected chi connectivity index (χ0v) is 13.6. The van der Waals surface area contributed by atoms with Gasteiger partial charge in [0.2, 0.25) is 5.91 Å². The third kappa shape index (κ3) is 4.23. The van der Waals surface area contributed by atoms with Gasteiger partial charge < -0.3 is 15.4 Å². The van der Waals surface area contributed by atoms with Crippen molar-refractivity contribution < 1.29 is 14.3 Å². The van der Waals surface area contributed by atoms with E-state index in [2.05, 4.69) is 10.6 Å². The molecule has 2 N–H and O–H groups in total. The van der Waals surface area contributed by atoms with Gasteiger partial charge >= 0.3 is 5.97 Å². The molecular weight excluding hydrogens is 316 g/mol. The third-order valence-corrected chi connectivity index (χ3v) is 3.72. The van der Waals surface area contributed by atoms with Crippen molar-refractivity contribution in [2.24, 2.45) is 0 Å². The molecule has 0 aliphatic rings. The normalized spacial score (nSPS) is 10.0. The fourth-order valence-electron chi connectivity index (χ4n) is 2.05. The lowest BCUT2D eigenvalue weighted by molar-refractivity contribution is -0.114. The summed E-state index contributed by atoms with van der Waals surface area (Å²) in [6.45, 7) is 1.92. The minimum absolute atomic E-state index is 0.0523. The van der Waals surface area contributed by atoms with E-state index >= 15 is 0 Å². The number of esters is 1. The van der Waals surface area contributed by atoms with Crippen LogP contribution in [0.1, 0.15) is 15.9 Å². The number of rotatable bonds is 5. The predicted molar refractivity (Wildman–Crippen MR) is 91.1 cm³/mol. The fraction of sp³-hybridized carbons (Fsp3) is 0.176. The third-order valence-electron chi connectivity index (χ3n) is 3.31. The second-order valence-corrected chi connectivity index (χ2v) is 5.26. The number of para-hydroxylation sites is 1. The lowest BCUT2D eigenvalue weighted by Crippen LogP contribution is -2.23. The van der Waals surface area contributed by atoms with Crippen LogP contribution in [0.5, 0.6) is 0 Å². The number of ether oxygens (including phenoxy) is 1. The molecule has 0 aromatic heterocycles. The minimum atomic E-state index is -0.500. The molecule has 0 atom stereocenters. The minimum Gasteiger partial charge on any atom is -0.465 e. The number of amides is 1. The SMILES string of the molecule is COC(=O)c1ccccc1NC(=O)CNc1cccc(Cl)c1C. The van der Waals surface area contributed by atoms with Crippen LogP contribution in [0.15, 0.2) is 42.5 Å². The van der Waals surface area contributed by atoms with Crippen LogP contribution in [-0.2, 0) is 9.53 Å². The molecule has 2 aromatic rings. The summed E-state index contributed by atoms with van der Waals surface area (Å²) in [7, 11) is 1.30. The number of methoxy groups -OCH3 is 1. The summed E-state index contributed by atoms with van der Waals surface area (Å²) in [4.78, 5) is 23.8. The van der Waals surface area contributed by atoms with E-state index in [1.165, 1.54) is 7.11 Å². The zero-order valence-electron chi connectivity index (χ0n) is 12.9. The fourth-order valence-corrected chi connectivity index (χ4v) is 2.22. The van der Waals surface area contributed by atoms with E-state index in [9.17, 15) is 9.59 Å². The second-order valence-electron chi connectivity index (χ2n) is 4.85. The van der Waals surface area contributed by atoms with E-state index in [4.69, 9.17) is 16.3 Å². The molecule has 0 heterocycles. The van der Waals surface area contributed by atoms with Gasteiger partial charge in [-0.05, 0) is 36.8 Å². The van der Waals surface area contributed by atoms with E-state index < -0.39 is 5.97 Å². The number of anilines is 2. The highest BCUT2D eigenvalue weighted by molar-refractivity contribution is 6.31. The van der Waals surface area contributed by atoms with Crippen LogP contribution in [0.3, 0.4) is 0 Å². The van der Waals surface area contributed by atoms with Crippen LogP contribution in [0.25, 0.3) is 0 Å². The van der Waals surface area contributed by atoms with Crippen LogP contribution in [0.2, 0.25) is 5.02 Å². The average Bonchev–Trinajstić information content (AvgIpc) is 2.56. The molecule has 0 aliphatic carbocycles. The number of carbonyl (C=O) groups is 2. The van der Waals surface area contributed by atoms with E-state index in [0.29, 0.717) is 16.3 Å². The maximum absolute atomic E-state index is 12.1. The first-order chi connectivity index (χ1) is 11.0. The molecule has 23 heavy (non-hydrogen) atoms. The molecule has 0 aliphatic heterocycles. The van der Waals surface area contributed by atoms with Crippen LogP contribution in [0, 0.1) is 6.92 Å². The van der Waals surface area contributed by atoms with Gasteiger partial charge in [0, 0.05) is 10.7 Å². The van der Waals surface area contributed by atoms with E-state index in [1.807, 2.05) is 19.1 Å².